The van der Waals surface area contributed by atoms with Gasteiger partial charge in [-0.3, -0.25) is 10.6 Å². The Bertz CT molecular complexity index is 571. The van der Waals surface area contributed by atoms with Crippen molar-refractivity contribution < 1.29 is 4.79 Å². The summed E-state index contributed by atoms with van der Waals surface area (Å²) in [4.78, 5) is 17.1. The average molecular weight is 274 g/mol. The smallest absolute Gasteiger partial charge is 0.274 e. The number of pyridine rings is 1. The largest absolute Gasteiger partial charge is 0.323 e. The van der Waals surface area contributed by atoms with Crippen molar-refractivity contribution in [2.75, 3.05) is 17.0 Å². The number of thioether (sulfide) groups is 1. The highest BCUT2D eigenvalue weighted by Crippen LogP contribution is 2.19. The van der Waals surface area contributed by atoms with E-state index in [4.69, 9.17) is 5.84 Å². The standard InChI is InChI=1S/C13H14N4OS/c1-19-11-4-2-3-9(7-11)16-13(18)12-6-5-10(17-14)8-15-12/h2-8,17H,14H2,1H3,(H,16,18). The molecule has 5 nitrogen and oxygen atoms in total. The Morgan fingerprint density at radius 3 is 2.74 bits per heavy atom. The van der Waals surface area contributed by atoms with E-state index in [1.807, 2.05) is 30.5 Å². The normalized spacial score (nSPS) is 10.0. The summed E-state index contributed by atoms with van der Waals surface area (Å²) in [6.45, 7) is 0. The molecule has 0 aliphatic rings. The van der Waals surface area contributed by atoms with Crippen LogP contribution in [0.2, 0.25) is 0 Å². The van der Waals surface area contributed by atoms with Gasteiger partial charge < -0.3 is 10.7 Å². The second-order valence-electron chi connectivity index (χ2n) is 3.76. The molecule has 0 aliphatic carbocycles. The Morgan fingerprint density at radius 2 is 2.11 bits per heavy atom. The zero-order valence-electron chi connectivity index (χ0n) is 10.4. The van der Waals surface area contributed by atoms with Crippen LogP contribution in [0.1, 0.15) is 10.5 Å². The quantitative estimate of drug-likeness (QED) is 0.453. The van der Waals surface area contributed by atoms with Crippen LogP contribution in [0, 0.1) is 0 Å². The monoisotopic (exact) mass is 274 g/mol. The number of nitrogens with two attached hydrogens (primary N) is 1. The van der Waals surface area contributed by atoms with Gasteiger partial charge in [-0.2, -0.15) is 0 Å². The lowest BCUT2D eigenvalue weighted by molar-refractivity contribution is 0.102. The van der Waals surface area contributed by atoms with Crippen LogP contribution < -0.4 is 16.6 Å². The number of amides is 1. The molecule has 98 valence electrons. The third kappa shape index (κ3) is 3.46. The Hall–Kier alpha value is -2.05. The van der Waals surface area contributed by atoms with Gasteiger partial charge in [-0.05, 0) is 36.6 Å². The fraction of sp³-hybridized carbons (Fsp3) is 0.0769. The van der Waals surface area contributed by atoms with Gasteiger partial charge in [-0.1, -0.05) is 6.07 Å². The van der Waals surface area contributed by atoms with Crippen molar-refractivity contribution >= 4 is 29.0 Å². The summed E-state index contributed by atoms with van der Waals surface area (Å²) in [6.07, 6.45) is 3.49. The first-order valence-electron chi connectivity index (χ1n) is 5.61. The Kier molecular flexibility index (Phi) is 4.38. The minimum Gasteiger partial charge on any atom is -0.323 e. The van der Waals surface area contributed by atoms with E-state index >= 15 is 0 Å². The fourth-order valence-corrected chi connectivity index (χ4v) is 1.97. The number of nitrogens with zero attached hydrogens (tertiary/aromatic N) is 1. The third-order valence-electron chi connectivity index (χ3n) is 2.49. The van der Waals surface area contributed by atoms with Gasteiger partial charge in [0.05, 0.1) is 11.9 Å². The maximum absolute atomic E-state index is 12.0. The van der Waals surface area contributed by atoms with Gasteiger partial charge in [-0.25, -0.2) is 4.98 Å². The number of hydrogen-bond acceptors (Lipinski definition) is 5. The number of hydrogen-bond donors (Lipinski definition) is 3. The van der Waals surface area contributed by atoms with Gasteiger partial charge in [0, 0.05) is 10.6 Å². The number of nitrogen functional groups attached to an aromatic ring is 1. The highest BCUT2D eigenvalue weighted by Gasteiger charge is 2.07. The molecule has 4 N–H and O–H groups in total. The fourth-order valence-electron chi connectivity index (χ4n) is 1.51. The molecule has 0 spiro atoms. The molecule has 2 aromatic rings. The molecule has 1 aromatic carbocycles. The number of nitrogens with one attached hydrogen (secondary N) is 2. The van der Waals surface area contributed by atoms with Gasteiger partial charge >= 0.3 is 0 Å². The molecule has 0 unspecified atom stereocenters. The average Bonchev–Trinajstić information content (AvgIpc) is 2.47. The lowest BCUT2D eigenvalue weighted by Gasteiger charge is -2.06. The highest BCUT2D eigenvalue weighted by molar-refractivity contribution is 7.98. The predicted octanol–water partition coefficient (Wildman–Crippen LogP) is 2.34. The first-order valence-corrected chi connectivity index (χ1v) is 6.83. The van der Waals surface area contributed by atoms with Crippen LogP contribution >= 0.6 is 11.8 Å². The number of anilines is 2. The first kappa shape index (κ1) is 13.4. The van der Waals surface area contributed by atoms with Crippen molar-refractivity contribution in [1.29, 1.82) is 0 Å². The van der Waals surface area contributed by atoms with Crippen LogP contribution in [-0.2, 0) is 0 Å². The molecule has 0 atom stereocenters. The lowest BCUT2D eigenvalue weighted by atomic mass is 10.3. The summed E-state index contributed by atoms with van der Waals surface area (Å²) in [6, 6.07) is 10.9. The van der Waals surface area contributed by atoms with Crippen molar-refractivity contribution in [2.24, 2.45) is 5.84 Å². The van der Waals surface area contributed by atoms with Gasteiger partial charge in [0.2, 0.25) is 0 Å². The van der Waals surface area contributed by atoms with Gasteiger partial charge in [-0.15, -0.1) is 11.8 Å². The van der Waals surface area contributed by atoms with Crippen molar-refractivity contribution in [1.82, 2.24) is 4.98 Å². The van der Waals surface area contributed by atoms with E-state index in [1.54, 1.807) is 23.9 Å². The molecule has 0 radical (unpaired) electrons. The number of benzene rings is 1. The van der Waals surface area contributed by atoms with Crippen molar-refractivity contribution in [3.05, 3.63) is 48.3 Å². The zero-order chi connectivity index (χ0) is 13.7. The first-order chi connectivity index (χ1) is 9.22. The molecule has 0 saturated carbocycles. The third-order valence-corrected chi connectivity index (χ3v) is 3.22. The highest BCUT2D eigenvalue weighted by atomic mass is 32.2. The molecule has 0 fully saturated rings. The van der Waals surface area contributed by atoms with Crippen LogP contribution in [-0.4, -0.2) is 17.1 Å². The summed E-state index contributed by atoms with van der Waals surface area (Å²) in [5, 5.41) is 2.80. The minimum atomic E-state index is -0.248. The minimum absolute atomic E-state index is 0.248. The Balaban J connectivity index is 2.11. The van der Waals surface area contributed by atoms with Crippen LogP contribution in [0.4, 0.5) is 11.4 Å². The lowest BCUT2D eigenvalue weighted by Crippen LogP contribution is -2.14. The molecule has 1 aromatic heterocycles. The molecule has 0 bridgehead atoms. The number of hydrazine groups is 1. The molecular formula is C13H14N4OS. The number of carbonyl (C=O) groups is 1. The Labute approximate surface area is 115 Å². The van der Waals surface area contributed by atoms with Crippen molar-refractivity contribution in [2.45, 2.75) is 4.90 Å². The summed E-state index contributed by atoms with van der Waals surface area (Å²) in [5.74, 6) is 4.99. The topological polar surface area (TPSA) is 80.0 Å². The molecule has 0 aliphatic heterocycles. The van der Waals surface area contributed by atoms with Gasteiger partial charge in [0.1, 0.15) is 5.69 Å². The van der Waals surface area contributed by atoms with Crippen LogP contribution in [0.5, 0.6) is 0 Å². The van der Waals surface area contributed by atoms with Crippen molar-refractivity contribution in [3.63, 3.8) is 0 Å². The van der Waals surface area contributed by atoms with Crippen molar-refractivity contribution in [3.8, 4) is 0 Å². The van der Waals surface area contributed by atoms with E-state index in [0.717, 1.165) is 10.6 Å². The Morgan fingerprint density at radius 1 is 1.26 bits per heavy atom. The van der Waals surface area contributed by atoms with Crippen LogP contribution in [0.15, 0.2) is 47.5 Å². The second-order valence-corrected chi connectivity index (χ2v) is 4.64. The predicted molar refractivity (Wildman–Crippen MR) is 78.2 cm³/mol. The van der Waals surface area contributed by atoms with Gasteiger partial charge in [0.15, 0.2) is 0 Å². The van der Waals surface area contributed by atoms with E-state index in [2.05, 4.69) is 15.7 Å². The summed E-state index contributed by atoms with van der Waals surface area (Å²) < 4.78 is 0. The number of aromatic nitrogens is 1. The SMILES string of the molecule is CSc1cccc(NC(=O)c2ccc(NN)cn2)c1. The molecule has 1 amide bonds. The maximum Gasteiger partial charge on any atom is 0.274 e. The molecule has 1 heterocycles. The van der Waals surface area contributed by atoms with E-state index in [-0.39, 0.29) is 5.91 Å². The molecule has 6 heteroatoms. The van der Waals surface area contributed by atoms with Crippen LogP contribution in [0.25, 0.3) is 0 Å². The summed E-state index contributed by atoms with van der Waals surface area (Å²) >= 11 is 1.62. The van der Waals surface area contributed by atoms with E-state index in [0.29, 0.717) is 11.4 Å². The molecular weight excluding hydrogens is 260 g/mol. The number of carbonyl (C=O) groups excluding carboxylic acids is 1. The van der Waals surface area contributed by atoms with E-state index in [9.17, 15) is 4.79 Å². The summed E-state index contributed by atoms with van der Waals surface area (Å²) in [5.41, 5.74) is 4.21. The zero-order valence-corrected chi connectivity index (χ0v) is 11.2. The maximum atomic E-state index is 12.0. The molecule has 0 saturated heterocycles. The number of rotatable bonds is 4. The molecule has 19 heavy (non-hydrogen) atoms. The van der Waals surface area contributed by atoms with Crippen LogP contribution in [0.3, 0.4) is 0 Å². The van der Waals surface area contributed by atoms with Gasteiger partial charge in [0.25, 0.3) is 5.91 Å². The molecule has 2 rings (SSSR count). The second kappa shape index (κ2) is 6.21. The summed E-state index contributed by atoms with van der Waals surface area (Å²) in [7, 11) is 0. The van der Waals surface area contributed by atoms with E-state index < -0.39 is 0 Å². The van der Waals surface area contributed by atoms with E-state index in [1.165, 1.54) is 6.20 Å².